The fourth-order valence-corrected chi connectivity index (χ4v) is 4.11. The van der Waals surface area contributed by atoms with Gasteiger partial charge in [-0.1, -0.05) is 25.5 Å². The van der Waals surface area contributed by atoms with Gasteiger partial charge in [-0.2, -0.15) is 0 Å². The molecule has 0 spiro atoms. The molecule has 27 heavy (non-hydrogen) atoms. The molecule has 2 aromatic carbocycles. The third-order valence-corrected chi connectivity index (χ3v) is 5.94. The average Bonchev–Trinajstić information content (AvgIpc) is 2.64. The van der Waals surface area contributed by atoms with Gasteiger partial charge in [-0.15, -0.1) is 0 Å². The van der Waals surface area contributed by atoms with Crippen LogP contribution in [0, 0.1) is 13.8 Å². The van der Waals surface area contributed by atoms with E-state index in [0.717, 1.165) is 18.4 Å². The Kier molecular flexibility index (Phi) is 6.85. The van der Waals surface area contributed by atoms with Crippen LogP contribution in [0.4, 0.5) is 5.69 Å². The number of methoxy groups -OCH3 is 1. The number of nitrogens with one attached hydrogen (secondary N) is 2. The second-order valence-electron chi connectivity index (χ2n) is 6.28. The number of sulfonamides is 1. The average molecular weight is 391 g/mol. The van der Waals surface area contributed by atoms with Gasteiger partial charge in [0.2, 0.25) is 0 Å². The Morgan fingerprint density at radius 1 is 1.07 bits per heavy atom. The number of carbonyl (C=O) groups is 1. The molecule has 146 valence electrons. The van der Waals surface area contributed by atoms with E-state index < -0.39 is 10.0 Å². The number of unbranched alkanes of at least 4 members (excludes halogenated alkanes) is 1. The predicted molar refractivity (Wildman–Crippen MR) is 107 cm³/mol. The first-order valence-corrected chi connectivity index (χ1v) is 10.3. The summed E-state index contributed by atoms with van der Waals surface area (Å²) in [5, 5.41) is 2.81. The molecule has 0 aliphatic carbocycles. The molecule has 0 atom stereocenters. The first-order valence-electron chi connectivity index (χ1n) is 8.86. The van der Waals surface area contributed by atoms with Crippen LogP contribution in [0.15, 0.2) is 41.3 Å². The highest BCUT2D eigenvalue weighted by molar-refractivity contribution is 7.92. The van der Waals surface area contributed by atoms with Crippen LogP contribution in [0.1, 0.15) is 41.3 Å². The quantitative estimate of drug-likeness (QED) is 0.674. The molecule has 7 heteroatoms. The van der Waals surface area contributed by atoms with Gasteiger partial charge in [-0.05, 0) is 55.7 Å². The maximum Gasteiger partial charge on any atom is 0.262 e. The van der Waals surface area contributed by atoms with Crippen LogP contribution in [0.25, 0.3) is 0 Å². The summed E-state index contributed by atoms with van der Waals surface area (Å²) in [6, 6.07) is 9.71. The van der Waals surface area contributed by atoms with Gasteiger partial charge < -0.3 is 10.1 Å². The van der Waals surface area contributed by atoms with Gasteiger partial charge in [-0.3, -0.25) is 9.52 Å². The molecule has 2 N–H and O–H groups in total. The summed E-state index contributed by atoms with van der Waals surface area (Å²) < 4.78 is 33.6. The summed E-state index contributed by atoms with van der Waals surface area (Å²) in [5.74, 6) is 0.325. The molecule has 0 aliphatic heterocycles. The number of benzene rings is 2. The van der Waals surface area contributed by atoms with Crippen molar-refractivity contribution in [1.82, 2.24) is 5.32 Å². The first-order chi connectivity index (χ1) is 12.8. The topological polar surface area (TPSA) is 84.5 Å². The minimum absolute atomic E-state index is 0.155. The zero-order valence-corrected chi connectivity index (χ0v) is 16.9. The van der Waals surface area contributed by atoms with Crippen molar-refractivity contribution in [2.45, 2.75) is 38.5 Å². The number of hydrogen-bond acceptors (Lipinski definition) is 4. The second-order valence-corrected chi connectivity index (χ2v) is 7.93. The summed E-state index contributed by atoms with van der Waals surface area (Å²) in [4.78, 5) is 12.6. The van der Waals surface area contributed by atoms with E-state index in [4.69, 9.17) is 4.74 Å². The fourth-order valence-electron chi connectivity index (χ4n) is 2.73. The highest BCUT2D eigenvalue weighted by Crippen LogP contribution is 2.28. The minimum atomic E-state index is -3.86. The van der Waals surface area contributed by atoms with Gasteiger partial charge in [0.15, 0.2) is 0 Å². The Morgan fingerprint density at radius 2 is 1.78 bits per heavy atom. The van der Waals surface area contributed by atoms with Crippen molar-refractivity contribution >= 4 is 21.6 Å². The SMILES string of the molecule is CCCCNC(=O)c1ccccc1NS(=O)(=O)c1ccc(OC)c(C)c1C. The van der Waals surface area contributed by atoms with Gasteiger partial charge in [0, 0.05) is 6.54 Å². The van der Waals surface area contributed by atoms with Crippen LogP contribution in [-0.4, -0.2) is 28.0 Å². The Labute approximate surface area is 161 Å². The molecule has 0 aromatic heterocycles. The van der Waals surface area contributed by atoms with Crippen LogP contribution >= 0.6 is 0 Å². The van der Waals surface area contributed by atoms with E-state index in [1.807, 2.05) is 13.8 Å². The lowest BCUT2D eigenvalue weighted by Crippen LogP contribution is -2.26. The van der Waals surface area contributed by atoms with Crippen molar-refractivity contribution in [3.8, 4) is 5.75 Å². The Bertz CT molecular complexity index is 924. The highest BCUT2D eigenvalue weighted by atomic mass is 32.2. The number of para-hydroxylation sites is 1. The molecule has 0 fully saturated rings. The first kappa shape index (κ1) is 20.8. The van der Waals surface area contributed by atoms with E-state index in [2.05, 4.69) is 10.0 Å². The maximum absolute atomic E-state index is 12.9. The molecule has 0 heterocycles. The molecule has 0 saturated heterocycles. The van der Waals surface area contributed by atoms with Crippen molar-refractivity contribution in [3.63, 3.8) is 0 Å². The van der Waals surface area contributed by atoms with Gasteiger partial charge in [0.05, 0.1) is 23.3 Å². The van der Waals surface area contributed by atoms with Crippen molar-refractivity contribution < 1.29 is 17.9 Å². The summed E-state index contributed by atoms with van der Waals surface area (Å²) in [7, 11) is -2.31. The second kappa shape index (κ2) is 8.90. The van der Waals surface area contributed by atoms with Crippen LogP contribution in [0.5, 0.6) is 5.75 Å². The molecular weight excluding hydrogens is 364 g/mol. The van der Waals surface area contributed by atoms with E-state index in [-0.39, 0.29) is 16.5 Å². The van der Waals surface area contributed by atoms with Crippen molar-refractivity contribution in [1.29, 1.82) is 0 Å². The number of rotatable bonds is 8. The van der Waals surface area contributed by atoms with Crippen LogP contribution < -0.4 is 14.8 Å². The summed E-state index contributed by atoms with van der Waals surface area (Å²) >= 11 is 0. The Morgan fingerprint density at radius 3 is 2.44 bits per heavy atom. The van der Waals surface area contributed by atoms with Crippen molar-refractivity contribution in [2.24, 2.45) is 0 Å². The molecule has 0 aliphatic rings. The molecule has 2 rings (SSSR count). The van der Waals surface area contributed by atoms with E-state index in [1.54, 1.807) is 44.4 Å². The summed E-state index contributed by atoms with van der Waals surface area (Å²) in [6.07, 6.45) is 1.83. The fraction of sp³-hybridized carbons (Fsp3) is 0.350. The Hall–Kier alpha value is -2.54. The lowest BCUT2D eigenvalue weighted by Gasteiger charge is -2.16. The number of carbonyl (C=O) groups excluding carboxylic acids is 1. The molecule has 0 unspecified atom stereocenters. The molecule has 0 saturated carbocycles. The largest absolute Gasteiger partial charge is 0.496 e. The zero-order valence-electron chi connectivity index (χ0n) is 16.1. The zero-order chi connectivity index (χ0) is 20.0. The van der Waals surface area contributed by atoms with Crippen molar-refractivity contribution in [3.05, 3.63) is 53.1 Å². The molecule has 0 radical (unpaired) electrons. The summed E-state index contributed by atoms with van der Waals surface area (Å²) in [6.45, 7) is 6.12. The third kappa shape index (κ3) is 4.80. The maximum atomic E-state index is 12.9. The highest BCUT2D eigenvalue weighted by Gasteiger charge is 2.22. The van der Waals surface area contributed by atoms with Gasteiger partial charge in [0.1, 0.15) is 5.75 Å². The van der Waals surface area contributed by atoms with Crippen LogP contribution in [-0.2, 0) is 10.0 Å². The normalized spacial score (nSPS) is 11.1. The number of ether oxygens (including phenoxy) is 1. The van der Waals surface area contributed by atoms with Crippen molar-refractivity contribution in [2.75, 3.05) is 18.4 Å². The molecular formula is C20H26N2O4S. The number of anilines is 1. The minimum Gasteiger partial charge on any atom is -0.496 e. The smallest absolute Gasteiger partial charge is 0.262 e. The summed E-state index contributed by atoms with van der Waals surface area (Å²) in [5.41, 5.74) is 1.90. The predicted octanol–water partition coefficient (Wildman–Crippen LogP) is 3.64. The van der Waals surface area contributed by atoms with E-state index in [9.17, 15) is 13.2 Å². The monoisotopic (exact) mass is 390 g/mol. The van der Waals surface area contributed by atoms with E-state index in [0.29, 0.717) is 23.4 Å². The lowest BCUT2D eigenvalue weighted by molar-refractivity contribution is 0.0954. The number of hydrogen-bond donors (Lipinski definition) is 2. The van der Waals surface area contributed by atoms with Gasteiger partial charge >= 0.3 is 0 Å². The molecule has 6 nitrogen and oxygen atoms in total. The molecule has 0 bridgehead atoms. The Balaban J connectivity index is 2.34. The van der Waals surface area contributed by atoms with Crippen LogP contribution in [0.2, 0.25) is 0 Å². The lowest BCUT2D eigenvalue weighted by atomic mass is 10.1. The van der Waals surface area contributed by atoms with Gasteiger partial charge in [-0.25, -0.2) is 8.42 Å². The molecule has 1 amide bonds. The third-order valence-electron chi connectivity index (χ3n) is 4.43. The van der Waals surface area contributed by atoms with E-state index >= 15 is 0 Å². The molecule has 2 aromatic rings. The van der Waals surface area contributed by atoms with Crippen LogP contribution in [0.3, 0.4) is 0 Å². The number of amides is 1. The standard InChI is InChI=1S/C20H26N2O4S/c1-5-6-13-21-20(23)16-9-7-8-10-17(16)22-27(24,25)19-12-11-18(26-4)14(2)15(19)3/h7-12,22H,5-6,13H2,1-4H3,(H,21,23). The van der Waals surface area contributed by atoms with Gasteiger partial charge in [0.25, 0.3) is 15.9 Å². The van der Waals surface area contributed by atoms with E-state index in [1.165, 1.54) is 6.07 Å².